The maximum absolute atomic E-state index is 11.6. The number of nitrogens with two attached hydrogens (primary N) is 1. The maximum Gasteiger partial charge on any atom is 0.237 e. The zero-order chi connectivity index (χ0) is 12.5. The van der Waals surface area contributed by atoms with Gasteiger partial charge in [-0.25, -0.2) is 0 Å². The standard InChI is InChI=1S/C12H20N4O/c1-3-14-12(11(13)17)6-4-10(8-12)16-7-5-9(2)15-16/h5,7,10,14H,3-4,6,8H2,1-2H3,(H2,13,17). The third-order valence-electron chi connectivity index (χ3n) is 3.59. The van der Waals surface area contributed by atoms with E-state index in [0.717, 1.165) is 31.5 Å². The number of nitrogens with one attached hydrogen (secondary N) is 1. The SMILES string of the molecule is CCNC1(C(N)=O)CCC(n2ccc(C)n2)C1. The molecule has 1 fully saturated rings. The van der Waals surface area contributed by atoms with Crippen LogP contribution in [0.15, 0.2) is 12.3 Å². The number of likely N-dealkylation sites (N-methyl/N-ethyl adjacent to an activating group) is 1. The molecule has 1 amide bonds. The topological polar surface area (TPSA) is 72.9 Å². The Hall–Kier alpha value is -1.36. The average Bonchev–Trinajstić information content (AvgIpc) is 2.86. The van der Waals surface area contributed by atoms with Crippen LogP contribution in [0.3, 0.4) is 0 Å². The lowest BCUT2D eigenvalue weighted by molar-refractivity contribution is -0.124. The number of nitrogens with zero attached hydrogens (tertiary/aromatic N) is 2. The lowest BCUT2D eigenvalue weighted by atomic mass is 9.96. The Kier molecular flexibility index (Phi) is 3.19. The number of rotatable bonds is 4. The van der Waals surface area contributed by atoms with Gasteiger partial charge in [0, 0.05) is 6.20 Å². The van der Waals surface area contributed by atoms with Gasteiger partial charge in [0.1, 0.15) is 0 Å². The fourth-order valence-electron chi connectivity index (χ4n) is 2.69. The molecule has 1 aliphatic carbocycles. The molecule has 0 aromatic carbocycles. The van der Waals surface area contributed by atoms with E-state index in [1.807, 2.05) is 30.8 Å². The fourth-order valence-corrected chi connectivity index (χ4v) is 2.69. The lowest BCUT2D eigenvalue weighted by Gasteiger charge is -2.26. The molecule has 5 nitrogen and oxygen atoms in total. The molecule has 1 aromatic rings. The first kappa shape index (κ1) is 12.1. The van der Waals surface area contributed by atoms with Crippen molar-refractivity contribution in [3.8, 4) is 0 Å². The molecule has 0 radical (unpaired) electrons. The van der Waals surface area contributed by atoms with E-state index in [4.69, 9.17) is 5.73 Å². The van der Waals surface area contributed by atoms with Gasteiger partial charge in [-0.1, -0.05) is 6.92 Å². The number of aromatic nitrogens is 2. The number of carbonyl (C=O) groups is 1. The quantitative estimate of drug-likeness (QED) is 0.810. The van der Waals surface area contributed by atoms with Crippen LogP contribution in [0.25, 0.3) is 0 Å². The predicted molar refractivity (Wildman–Crippen MR) is 65.5 cm³/mol. The molecule has 5 heteroatoms. The summed E-state index contributed by atoms with van der Waals surface area (Å²) < 4.78 is 1.96. The van der Waals surface area contributed by atoms with Crippen molar-refractivity contribution in [2.24, 2.45) is 5.73 Å². The minimum Gasteiger partial charge on any atom is -0.368 e. The largest absolute Gasteiger partial charge is 0.368 e. The van der Waals surface area contributed by atoms with Crippen molar-refractivity contribution < 1.29 is 4.79 Å². The molecule has 2 atom stereocenters. The number of aryl methyl sites for hydroxylation is 1. The molecule has 17 heavy (non-hydrogen) atoms. The van der Waals surface area contributed by atoms with E-state index in [1.54, 1.807) is 0 Å². The molecule has 0 spiro atoms. The Morgan fingerprint density at radius 3 is 3.06 bits per heavy atom. The second-order valence-electron chi connectivity index (χ2n) is 4.81. The fraction of sp³-hybridized carbons (Fsp3) is 0.667. The summed E-state index contributed by atoms with van der Waals surface area (Å²) in [6.07, 6.45) is 4.44. The van der Waals surface area contributed by atoms with E-state index in [9.17, 15) is 4.79 Å². The van der Waals surface area contributed by atoms with Crippen molar-refractivity contribution in [2.45, 2.75) is 44.7 Å². The lowest BCUT2D eigenvalue weighted by Crippen LogP contribution is -2.53. The van der Waals surface area contributed by atoms with E-state index in [1.165, 1.54) is 0 Å². The first-order valence-corrected chi connectivity index (χ1v) is 6.14. The molecule has 3 N–H and O–H groups in total. The molecule has 0 aliphatic heterocycles. The smallest absolute Gasteiger partial charge is 0.237 e. The van der Waals surface area contributed by atoms with Gasteiger partial charge < -0.3 is 11.1 Å². The molecule has 0 saturated heterocycles. The van der Waals surface area contributed by atoms with Crippen molar-refractivity contribution in [1.29, 1.82) is 0 Å². The van der Waals surface area contributed by atoms with Gasteiger partial charge in [-0.05, 0) is 38.8 Å². The van der Waals surface area contributed by atoms with Crippen LogP contribution in [0, 0.1) is 6.92 Å². The summed E-state index contributed by atoms with van der Waals surface area (Å²) in [4.78, 5) is 11.6. The summed E-state index contributed by atoms with van der Waals surface area (Å²) in [6, 6.07) is 2.26. The van der Waals surface area contributed by atoms with E-state index in [0.29, 0.717) is 0 Å². The zero-order valence-electron chi connectivity index (χ0n) is 10.4. The van der Waals surface area contributed by atoms with Gasteiger partial charge in [-0.2, -0.15) is 5.10 Å². The molecule has 1 aliphatic rings. The summed E-state index contributed by atoms with van der Waals surface area (Å²) in [6.45, 7) is 4.72. The summed E-state index contributed by atoms with van der Waals surface area (Å²) in [5.41, 5.74) is 6.00. The highest BCUT2D eigenvalue weighted by atomic mass is 16.1. The molecule has 94 valence electrons. The minimum atomic E-state index is -0.542. The molecule has 0 bridgehead atoms. The number of amides is 1. The molecule has 1 heterocycles. The molecular formula is C12H20N4O. The monoisotopic (exact) mass is 236 g/mol. The Balaban J connectivity index is 2.14. The van der Waals surface area contributed by atoms with Gasteiger partial charge in [0.2, 0.25) is 5.91 Å². The van der Waals surface area contributed by atoms with Crippen LogP contribution in [0.5, 0.6) is 0 Å². The maximum atomic E-state index is 11.6. The van der Waals surface area contributed by atoms with Crippen molar-refractivity contribution in [3.05, 3.63) is 18.0 Å². The first-order chi connectivity index (χ1) is 8.07. The molecule has 2 unspecified atom stereocenters. The van der Waals surface area contributed by atoms with Crippen LogP contribution >= 0.6 is 0 Å². The molecule has 1 aromatic heterocycles. The van der Waals surface area contributed by atoms with E-state index >= 15 is 0 Å². The highest BCUT2D eigenvalue weighted by Crippen LogP contribution is 2.37. The van der Waals surface area contributed by atoms with Crippen LogP contribution in [0.2, 0.25) is 0 Å². The Morgan fingerprint density at radius 2 is 2.53 bits per heavy atom. The second-order valence-corrected chi connectivity index (χ2v) is 4.81. The van der Waals surface area contributed by atoms with Crippen LogP contribution in [-0.4, -0.2) is 27.8 Å². The Morgan fingerprint density at radius 1 is 1.76 bits per heavy atom. The van der Waals surface area contributed by atoms with Gasteiger partial charge in [-0.15, -0.1) is 0 Å². The highest BCUT2D eigenvalue weighted by molar-refractivity contribution is 5.85. The highest BCUT2D eigenvalue weighted by Gasteiger charge is 2.44. The predicted octanol–water partition coefficient (Wildman–Crippen LogP) is 0.750. The number of hydrogen-bond acceptors (Lipinski definition) is 3. The zero-order valence-corrected chi connectivity index (χ0v) is 10.4. The third-order valence-corrected chi connectivity index (χ3v) is 3.59. The Bertz CT molecular complexity index is 414. The van der Waals surface area contributed by atoms with E-state index < -0.39 is 5.54 Å². The molecular weight excluding hydrogens is 216 g/mol. The first-order valence-electron chi connectivity index (χ1n) is 6.14. The van der Waals surface area contributed by atoms with Gasteiger partial charge in [0.15, 0.2) is 0 Å². The second kappa shape index (κ2) is 4.49. The van der Waals surface area contributed by atoms with Crippen molar-refractivity contribution >= 4 is 5.91 Å². The van der Waals surface area contributed by atoms with Gasteiger partial charge >= 0.3 is 0 Å². The van der Waals surface area contributed by atoms with Crippen molar-refractivity contribution in [3.63, 3.8) is 0 Å². The van der Waals surface area contributed by atoms with Crippen LogP contribution in [0.1, 0.15) is 37.9 Å². The molecule has 1 saturated carbocycles. The van der Waals surface area contributed by atoms with Crippen molar-refractivity contribution in [2.75, 3.05) is 6.54 Å². The summed E-state index contributed by atoms with van der Waals surface area (Å²) in [5, 5.41) is 7.66. The number of primary amides is 1. The molecule has 2 rings (SSSR count). The van der Waals surface area contributed by atoms with Crippen LogP contribution in [-0.2, 0) is 4.79 Å². The average molecular weight is 236 g/mol. The minimum absolute atomic E-state index is 0.245. The summed E-state index contributed by atoms with van der Waals surface area (Å²) in [7, 11) is 0. The van der Waals surface area contributed by atoms with Crippen LogP contribution in [0.4, 0.5) is 0 Å². The van der Waals surface area contributed by atoms with E-state index in [-0.39, 0.29) is 11.9 Å². The van der Waals surface area contributed by atoms with E-state index in [2.05, 4.69) is 10.4 Å². The van der Waals surface area contributed by atoms with Crippen molar-refractivity contribution in [1.82, 2.24) is 15.1 Å². The van der Waals surface area contributed by atoms with Crippen LogP contribution < -0.4 is 11.1 Å². The third kappa shape index (κ3) is 2.20. The van der Waals surface area contributed by atoms with Gasteiger partial charge in [0.05, 0.1) is 17.3 Å². The number of carbonyl (C=O) groups excluding carboxylic acids is 1. The number of hydrogen-bond donors (Lipinski definition) is 2. The van der Waals surface area contributed by atoms with Gasteiger partial charge in [-0.3, -0.25) is 9.48 Å². The Labute approximate surface area is 101 Å². The normalized spacial score (nSPS) is 28.5. The summed E-state index contributed by atoms with van der Waals surface area (Å²) in [5.74, 6) is -0.245. The van der Waals surface area contributed by atoms with Gasteiger partial charge in [0.25, 0.3) is 0 Å². The summed E-state index contributed by atoms with van der Waals surface area (Å²) >= 11 is 0.